The van der Waals surface area contributed by atoms with Crippen molar-refractivity contribution < 1.29 is 24.0 Å². The van der Waals surface area contributed by atoms with E-state index in [1.807, 2.05) is 0 Å². The third-order valence-corrected chi connectivity index (χ3v) is 2.78. The number of nitro groups is 1. The van der Waals surface area contributed by atoms with Gasteiger partial charge in [0, 0.05) is 12.1 Å². The Hall–Kier alpha value is -2.64. The average Bonchev–Trinajstić information content (AvgIpc) is 2.81. The highest BCUT2D eigenvalue weighted by molar-refractivity contribution is 5.85. The highest BCUT2D eigenvalue weighted by Crippen LogP contribution is 2.28. The fraction of sp³-hybridized carbons (Fsp3) is 0.333. The number of hydrogen-bond acceptors (Lipinski definition) is 6. The number of carbonyl (C=O) groups is 2. The van der Waals surface area contributed by atoms with E-state index in [0.29, 0.717) is 5.56 Å². The fourth-order valence-corrected chi connectivity index (χ4v) is 1.88. The van der Waals surface area contributed by atoms with Gasteiger partial charge in [0.25, 0.3) is 5.69 Å². The highest BCUT2D eigenvalue weighted by atomic mass is 16.6. The molecule has 0 radical (unpaired) electrons. The van der Waals surface area contributed by atoms with Crippen LogP contribution in [0.5, 0.6) is 0 Å². The van der Waals surface area contributed by atoms with Gasteiger partial charge in [0.05, 0.1) is 11.5 Å². The summed E-state index contributed by atoms with van der Waals surface area (Å²) in [5, 5.41) is 12.9. The van der Waals surface area contributed by atoms with Gasteiger partial charge in [0.1, 0.15) is 0 Å². The fourth-order valence-electron chi connectivity index (χ4n) is 1.88. The quantitative estimate of drug-likeness (QED) is 0.506. The number of rotatable bonds is 4. The predicted molar refractivity (Wildman–Crippen MR) is 65.9 cm³/mol. The molecule has 20 heavy (non-hydrogen) atoms. The van der Waals surface area contributed by atoms with E-state index in [4.69, 9.17) is 9.47 Å². The van der Waals surface area contributed by atoms with Gasteiger partial charge in [-0.15, -0.1) is 0 Å². The van der Waals surface area contributed by atoms with Crippen LogP contribution >= 0.6 is 0 Å². The maximum atomic E-state index is 11.7. The van der Waals surface area contributed by atoms with Crippen LogP contribution in [0.4, 0.5) is 10.5 Å². The second-order valence-electron chi connectivity index (χ2n) is 4.05. The Balaban J connectivity index is 2.22. The summed E-state index contributed by atoms with van der Waals surface area (Å²) >= 11 is 0. The lowest BCUT2D eigenvalue weighted by Crippen LogP contribution is -2.37. The molecule has 1 aromatic rings. The first-order chi connectivity index (χ1) is 9.52. The molecule has 1 aliphatic heterocycles. The molecule has 2 rings (SSSR count). The average molecular weight is 280 g/mol. The number of nitro benzene ring substituents is 1. The maximum absolute atomic E-state index is 11.7. The van der Waals surface area contributed by atoms with E-state index in [9.17, 15) is 19.7 Å². The molecule has 1 amide bonds. The molecule has 8 heteroatoms. The van der Waals surface area contributed by atoms with Crippen LogP contribution in [0.15, 0.2) is 24.3 Å². The summed E-state index contributed by atoms with van der Waals surface area (Å²) < 4.78 is 9.85. The van der Waals surface area contributed by atoms with Gasteiger partial charge in [-0.1, -0.05) is 0 Å². The van der Waals surface area contributed by atoms with Crippen molar-refractivity contribution >= 4 is 17.7 Å². The van der Waals surface area contributed by atoms with Crippen molar-refractivity contribution in [2.45, 2.75) is 19.1 Å². The van der Waals surface area contributed by atoms with Crippen LogP contribution in [0.2, 0.25) is 0 Å². The molecule has 0 saturated carbocycles. The van der Waals surface area contributed by atoms with Gasteiger partial charge in [-0.05, 0) is 24.6 Å². The molecule has 106 valence electrons. The second kappa shape index (κ2) is 5.55. The number of esters is 1. The SMILES string of the molecule is CCOC(=O)[C@H]1NC(=O)O[C@@H]1c1ccc([N+](=O)[O-])cc1. The van der Waals surface area contributed by atoms with Gasteiger partial charge in [-0.2, -0.15) is 0 Å². The van der Waals surface area contributed by atoms with Gasteiger partial charge in [-0.3, -0.25) is 10.1 Å². The Morgan fingerprint density at radius 1 is 1.45 bits per heavy atom. The Morgan fingerprint density at radius 2 is 2.10 bits per heavy atom. The van der Waals surface area contributed by atoms with Crippen molar-refractivity contribution in [3.8, 4) is 0 Å². The van der Waals surface area contributed by atoms with Gasteiger partial charge < -0.3 is 14.8 Å². The lowest BCUT2D eigenvalue weighted by atomic mass is 10.0. The number of cyclic esters (lactones) is 1. The molecular weight excluding hydrogens is 268 g/mol. The molecule has 0 aromatic heterocycles. The third-order valence-electron chi connectivity index (χ3n) is 2.78. The highest BCUT2D eigenvalue weighted by Gasteiger charge is 2.41. The molecule has 1 N–H and O–H groups in total. The summed E-state index contributed by atoms with van der Waals surface area (Å²) in [5.41, 5.74) is 0.394. The Labute approximate surface area is 113 Å². The monoisotopic (exact) mass is 280 g/mol. The van der Waals surface area contributed by atoms with Crippen LogP contribution in [-0.4, -0.2) is 29.6 Å². The van der Waals surface area contributed by atoms with E-state index in [1.54, 1.807) is 6.92 Å². The molecular formula is C12H12N2O6. The number of nitrogens with one attached hydrogen (secondary N) is 1. The summed E-state index contributed by atoms with van der Waals surface area (Å²) in [4.78, 5) is 33.0. The van der Waals surface area contributed by atoms with Crippen LogP contribution in [0.1, 0.15) is 18.6 Å². The first-order valence-corrected chi connectivity index (χ1v) is 5.91. The van der Waals surface area contributed by atoms with Crippen LogP contribution in [0.3, 0.4) is 0 Å². The zero-order chi connectivity index (χ0) is 14.7. The minimum absolute atomic E-state index is 0.0845. The smallest absolute Gasteiger partial charge is 0.408 e. The van der Waals surface area contributed by atoms with Gasteiger partial charge in [-0.25, -0.2) is 9.59 Å². The molecule has 0 aliphatic carbocycles. The molecule has 1 fully saturated rings. The number of non-ortho nitro benzene ring substituents is 1. The summed E-state index contributed by atoms with van der Waals surface area (Å²) in [6.07, 6.45) is -1.59. The van der Waals surface area contributed by atoms with Crippen molar-refractivity contribution in [2.75, 3.05) is 6.61 Å². The summed E-state index contributed by atoms with van der Waals surface area (Å²) in [6.45, 7) is 1.83. The minimum Gasteiger partial charge on any atom is -0.464 e. The largest absolute Gasteiger partial charge is 0.464 e. The molecule has 1 heterocycles. The summed E-state index contributed by atoms with van der Waals surface area (Å²) in [7, 11) is 0. The van der Waals surface area contributed by atoms with Crippen molar-refractivity contribution in [1.29, 1.82) is 0 Å². The van der Waals surface area contributed by atoms with E-state index in [1.165, 1.54) is 24.3 Å². The van der Waals surface area contributed by atoms with Crippen molar-refractivity contribution in [3.63, 3.8) is 0 Å². The van der Waals surface area contributed by atoms with E-state index >= 15 is 0 Å². The zero-order valence-electron chi connectivity index (χ0n) is 10.6. The maximum Gasteiger partial charge on any atom is 0.408 e. The van der Waals surface area contributed by atoms with E-state index in [2.05, 4.69) is 5.32 Å². The minimum atomic E-state index is -0.955. The standard InChI is InChI=1S/C12H12N2O6/c1-2-19-11(15)9-10(20-12(16)13-9)7-3-5-8(6-4-7)14(17)18/h3-6,9-10H,2H2,1H3,(H,13,16)/t9-,10+/m0/s1. The second-order valence-corrected chi connectivity index (χ2v) is 4.05. The molecule has 0 spiro atoms. The normalized spacial score (nSPS) is 20.9. The molecule has 0 unspecified atom stereocenters. The lowest BCUT2D eigenvalue weighted by Gasteiger charge is -2.15. The summed E-state index contributed by atoms with van der Waals surface area (Å²) in [5.74, 6) is -0.610. The molecule has 0 bridgehead atoms. The first kappa shape index (κ1) is 13.8. The Bertz CT molecular complexity index is 541. The van der Waals surface area contributed by atoms with E-state index in [0.717, 1.165) is 0 Å². The molecule has 1 aliphatic rings. The van der Waals surface area contributed by atoms with Gasteiger partial charge >= 0.3 is 12.1 Å². The van der Waals surface area contributed by atoms with Crippen molar-refractivity contribution in [1.82, 2.24) is 5.32 Å². The van der Waals surface area contributed by atoms with Crippen LogP contribution in [-0.2, 0) is 14.3 Å². The van der Waals surface area contributed by atoms with E-state index in [-0.39, 0.29) is 12.3 Å². The number of nitrogens with zero attached hydrogens (tertiary/aromatic N) is 1. The Morgan fingerprint density at radius 3 is 2.65 bits per heavy atom. The third kappa shape index (κ3) is 2.68. The lowest BCUT2D eigenvalue weighted by molar-refractivity contribution is -0.384. The van der Waals surface area contributed by atoms with Crippen LogP contribution in [0.25, 0.3) is 0 Å². The van der Waals surface area contributed by atoms with Crippen molar-refractivity contribution in [2.24, 2.45) is 0 Å². The number of alkyl carbamates (subject to hydrolysis) is 1. The zero-order valence-corrected chi connectivity index (χ0v) is 10.6. The van der Waals surface area contributed by atoms with Gasteiger partial charge in [0.15, 0.2) is 12.1 Å². The Kier molecular flexibility index (Phi) is 3.83. The number of ether oxygens (including phenoxy) is 2. The number of carbonyl (C=O) groups excluding carboxylic acids is 2. The molecule has 8 nitrogen and oxygen atoms in total. The molecule has 1 saturated heterocycles. The number of amides is 1. The molecule has 2 atom stereocenters. The summed E-state index contributed by atoms with van der Waals surface area (Å²) in [6, 6.07) is 4.49. The number of benzene rings is 1. The van der Waals surface area contributed by atoms with Crippen molar-refractivity contribution in [3.05, 3.63) is 39.9 Å². The van der Waals surface area contributed by atoms with Crippen LogP contribution < -0.4 is 5.32 Å². The predicted octanol–water partition coefficient (Wildman–Crippen LogP) is 1.31. The van der Waals surface area contributed by atoms with Gasteiger partial charge in [0.2, 0.25) is 0 Å². The van der Waals surface area contributed by atoms with Crippen LogP contribution in [0, 0.1) is 10.1 Å². The molecule has 1 aromatic carbocycles. The van der Waals surface area contributed by atoms with E-state index < -0.39 is 29.1 Å². The number of hydrogen-bond donors (Lipinski definition) is 1. The first-order valence-electron chi connectivity index (χ1n) is 5.91. The topological polar surface area (TPSA) is 108 Å².